The first-order valence-electron chi connectivity index (χ1n) is 8.05. The first kappa shape index (κ1) is 16.0. The largest absolute Gasteiger partial charge is 0.348 e. The summed E-state index contributed by atoms with van der Waals surface area (Å²) in [6.07, 6.45) is 2.60. The molecular formula is C19H21ClN2O. The monoisotopic (exact) mass is 328 g/mol. The van der Waals surface area contributed by atoms with Crippen molar-refractivity contribution in [2.75, 3.05) is 13.1 Å². The van der Waals surface area contributed by atoms with Gasteiger partial charge in [0.1, 0.15) is 0 Å². The Kier molecular flexibility index (Phi) is 5.31. The molecule has 2 aromatic carbocycles. The van der Waals surface area contributed by atoms with Crippen LogP contribution in [-0.4, -0.2) is 23.9 Å². The van der Waals surface area contributed by atoms with Gasteiger partial charge in [0.15, 0.2) is 0 Å². The van der Waals surface area contributed by atoms with Crippen LogP contribution in [0, 0.1) is 0 Å². The maximum atomic E-state index is 12.1. The first-order chi connectivity index (χ1) is 11.2. The van der Waals surface area contributed by atoms with E-state index in [0.29, 0.717) is 17.1 Å². The zero-order chi connectivity index (χ0) is 16.1. The molecular weight excluding hydrogens is 308 g/mol. The van der Waals surface area contributed by atoms with Gasteiger partial charge in [0.05, 0.1) is 0 Å². The van der Waals surface area contributed by atoms with E-state index in [-0.39, 0.29) is 5.91 Å². The van der Waals surface area contributed by atoms with E-state index in [2.05, 4.69) is 34.5 Å². The summed E-state index contributed by atoms with van der Waals surface area (Å²) >= 11 is 5.84. The Bertz CT molecular complexity index is 663. The quantitative estimate of drug-likeness (QED) is 0.903. The number of nitrogens with zero attached hydrogens (tertiary/aromatic N) is 1. The summed E-state index contributed by atoms with van der Waals surface area (Å²) in [4.78, 5) is 14.6. The molecule has 0 bridgehead atoms. The molecule has 0 aliphatic carbocycles. The second-order valence-corrected chi connectivity index (χ2v) is 6.43. The number of likely N-dealkylation sites (tertiary alicyclic amines) is 1. The second-order valence-electron chi connectivity index (χ2n) is 5.99. The van der Waals surface area contributed by atoms with Crippen LogP contribution in [0.1, 0.15) is 34.3 Å². The third kappa shape index (κ3) is 4.57. The van der Waals surface area contributed by atoms with Crippen LogP contribution >= 0.6 is 11.6 Å². The van der Waals surface area contributed by atoms with Gasteiger partial charge in [0, 0.05) is 23.7 Å². The molecule has 1 amide bonds. The number of halogens is 1. The molecule has 1 N–H and O–H groups in total. The number of hydrogen-bond donors (Lipinski definition) is 1. The Morgan fingerprint density at radius 3 is 2.48 bits per heavy atom. The minimum atomic E-state index is -0.0772. The third-order valence-electron chi connectivity index (χ3n) is 4.16. The van der Waals surface area contributed by atoms with Crippen LogP contribution in [0.5, 0.6) is 0 Å². The molecule has 23 heavy (non-hydrogen) atoms. The van der Waals surface area contributed by atoms with Gasteiger partial charge in [-0.1, -0.05) is 35.9 Å². The number of carbonyl (C=O) groups is 1. The van der Waals surface area contributed by atoms with Crippen molar-refractivity contribution in [3.63, 3.8) is 0 Å². The van der Waals surface area contributed by atoms with E-state index in [0.717, 1.165) is 12.1 Å². The molecule has 0 aromatic heterocycles. The zero-order valence-corrected chi connectivity index (χ0v) is 13.9. The average molecular weight is 329 g/mol. The van der Waals surface area contributed by atoms with Crippen molar-refractivity contribution in [3.8, 4) is 0 Å². The minimum Gasteiger partial charge on any atom is -0.348 e. The number of hydrogen-bond acceptors (Lipinski definition) is 2. The van der Waals surface area contributed by atoms with Gasteiger partial charge in [-0.3, -0.25) is 9.69 Å². The number of carbonyl (C=O) groups excluding carboxylic acids is 1. The van der Waals surface area contributed by atoms with Crippen molar-refractivity contribution in [1.29, 1.82) is 0 Å². The number of rotatable bonds is 5. The van der Waals surface area contributed by atoms with E-state index < -0.39 is 0 Å². The Morgan fingerprint density at radius 2 is 1.74 bits per heavy atom. The van der Waals surface area contributed by atoms with E-state index in [1.165, 1.54) is 31.5 Å². The Hall–Kier alpha value is -1.84. The molecule has 3 nitrogen and oxygen atoms in total. The molecule has 1 aliphatic heterocycles. The molecule has 0 atom stereocenters. The standard InChI is InChI=1S/C19H21ClN2O/c20-18-8-6-17(7-9-18)19(23)21-13-15-4-3-5-16(12-15)14-22-10-1-2-11-22/h3-9,12H,1-2,10-11,13-14H2,(H,21,23). The van der Waals surface area contributed by atoms with E-state index in [9.17, 15) is 4.79 Å². The van der Waals surface area contributed by atoms with Gasteiger partial charge in [-0.25, -0.2) is 0 Å². The van der Waals surface area contributed by atoms with Crippen molar-refractivity contribution in [2.24, 2.45) is 0 Å². The summed E-state index contributed by atoms with van der Waals surface area (Å²) < 4.78 is 0. The van der Waals surface area contributed by atoms with Crippen LogP contribution < -0.4 is 5.32 Å². The fourth-order valence-corrected chi connectivity index (χ4v) is 3.05. The molecule has 0 radical (unpaired) electrons. The van der Waals surface area contributed by atoms with Crippen molar-refractivity contribution in [2.45, 2.75) is 25.9 Å². The first-order valence-corrected chi connectivity index (χ1v) is 8.42. The van der Waals surface area contributed by atoms with Crippen molar-refractivity contribution in [1.82, 2.24) is 10.2 Å². The summed E-state index contributed by atoms with van der Waals surface area (Å²) in [5.74, 6) is -0.0772. The van der Waals surface area contributed by atoms with Crippen LogP contribution in [0.4, 0.5) is 0 Å². The van der Waals surface area contributed by atoms with Gasteiger partial charge in [0.25, 0.3) is 5.91 Å². The van der Waals surface area contributed by atoms with Gasteiger partial charge >= 0.3 is 0 Å². The summed E-state index contributed by atoms with van der Waals surface area (Å²) in [5, 5.41) is 3.60. The lowest BCUT2D eigenvalue weighted by molar-refractivity contribution is 0.0951. The Balaban J connectivity index is 1.57. The molecule has 1 aliphatic rings. The summed E-state index contributed by atoms with van der Waals surface area (Å²) in [6, 6.07) is 15.4. The van der Waals surface area contributed by atoms with Crippen LogP contribution in [-0.2, 0) is 13.1 Å². The average Bonchev–Trinajstić information content (AvgIpc) is 3.07. The number of benzene rings is 2. The van der Waals surface area contributed by atoms with Crippen LogP contribution in [0.25, 0.3) is 0 Å². The lowest BCUT2D eigenvalue weighted by Crippen LogP contribution is -2.23. The van der Waals surface area contributed by atoms with Crippen molar-refractivity contribution < 1.29 is 4.79 Å². The predicted molar refractivity (Wildman–Crippen MR) is 93.6 cm³/mol. The highest BCUT2D eigenvalue weighted by molar-refractivity contribution is 6.30. The zero-order valence-electron chi connectivity index (χ0n) is 13.1. The van der Waals surface area contributed by atoms with Crippen molar-refractivity contribution >= 4 is 17.5 Å². The molecule has 1 fully saturated rings. The molecule has 1 saturated heterocycles. The van der Waals surface area contributed by atoms with Gasteiger partial charge in [-0.15, -0.1) is 0 Å². The number of amides is 1. The highest BCUT2D eigenvalue weighted by Gasteiger charge is 2.12. The topological polar surface area (TPSA) is 32.3 Å². The lowest BCUT2D eigenvalue weighted by atomic mass is 10.1. The van der Waals surface area contributed by atoms with E-state index >= 15 is 0 Å². The number of nitrogens with one attached hydrogen (secondary N) is 1. The van der Waals surface area contributed by atoms with E-state index in [4.69, 9.17) is 11.6 Å². The molecule has 0 spiro atoms. The van der Waals surface area contributed by atoms with Gasteiger partial charge in [-0.2, -0.15) is 0 Å². The maximum absolute atomic E-state index is 12.1. The fourth-order valence-electron chi connectivity index (χ4n) is 2.92. The smallest absolute Gasteiger partial charge is 0.251 e. The van der Waals surface area contributed by atoms with Gasteiger partial charge in [-0.05, 0) is 61.3 Å². The van der Waals surface area contributed by atoms with Crippen LogP contribution in [0.3, 0.4) is 0 Å². The Morgan fingerprint density at radius 1 is 1.04 bits per heavy atom. The molecule has 3 rings (SSSR count). The van der Waals surface area contributed by atoms with Crippen molar-refractivity contribution in [3.05, 3.63) is 70.2 Å². The van der Waals surface area contributed by atoms with Crippen LogP contribution in [0.2, 0.25) is 5.02 Å². The predicted octanol–water partition coefficient (Wildman–Crippen LogP) is 3.87. The molecule has 120 valence electrons. The molecule has 4 heteroatoms. The SMILES string of the molecule is O=C(NCc1cccc(CN2CCCC2)c1)c1ccc(Cl)cc1. The van der Waals surface area contributed by atoms with Gasteiger partial charge < -0.3 is 5.32 Å². The van der Waals surface area contributed by atoms with E-state index in [1.807, 2.05) is 0 Å². The highest BCUT2D eigenvalue weighted by atomic mass is 35.5. The van der Waals surface area contributed by atoms with Crippen LogP contribution in [0.15, 0.2) is 48.5 Å². The molecule has 1 heterocycles. The maximum Gasteiger partial charge on any atom is 0.251 e. The lowest BCUT2D eigenvalue weighted by Gasteiger charge is -2.15. The third-order valence-corrected chi connectivity index (χ3v) is 4.41. The normalized spacial score (nSPS) is 14.8. The summed E-state index contributed by atoms with van der Waals surface area (Å²) in [5.41, 5.74) is 3.07. The molecule has 2 aromatic rings. The highest BCUT2D eigenvalue weighted by Crippen LogP contribution is 2.14. The van der Waals surface area contributed by atoms with Gasteiger partial charge in [0.2, 0.25) is 0 Å². The summed E-state index contributed by atoms with van der Waals surface area (Å²) in [7, 11) is 0. The second kappa shape index (κ2) is 7.62. The van der Waals surface area contributed by atoms with E-state index in [1.54, 1.807) is 24.3 Å². The fraction of sp³-hybridized carbons (Fsp3) is 0.316. The molecule has 0 unspecified atom stereocenters. The summed E-state index contributed by atoms with van der Waals surface area (Å²) in [6.45, 7) is 3.92. The minimum absolute atomic E-state index is 0.0772. The molecule has 0 saturated carbocycles. The Labute approximate surface area is 142 Å².